The van der Waals surface area contributed by atoms with Gasteiger partial charge in [0.1, 0.15) is 11.2 Å². The van der Waals surface area contributed by atoms with Gasteiger partial charge >= 0.3 is 5.97 Å². The SMILES string of the molecule is CC1(C(=O)O)CCCN1C(=O)c1cc2ccc(Br)cc2[nH]1. The largest absolute Gasteiger partial charge is 0.480 e. The molecule has 2 N–H and O–H groups in total. The van der Waals surface area contributed by atoms with E-state index in [1.807, 2.05) is 18.2 Å². The summed E-state index contributed by atoms with van der Waals surface area (Å²) >= 11 is 3.39. The molecule has 0 bridgehead atoms. The Balaban J connectivity index is 1.98. The number of hydrogen-bond donors (Lipinski definition) is 2. The number of rotatable bonds is 2. The van der Waals surface area contributed by atoms with Gasteiger partial charge in [0.2, 0.25) is 0 Å². The maximum absolute atomic E-state index is 12.6. The minimum absolute atomic E-state index is 0.260. The van der Waals surface area contributed by atoms with E-state index in [2.05, 4.69) is 20.9 Å². The number of benzene rings is 1. The molecule has 0 aliphatic carbocycles. The summed E-state index contributed by atoms with van der Waals surface area (Å²) in [5.41, 5.74) is 0.163. The van der Waals surface area contributed by atoms with E-state index >= 15 is 0 Å². The quantitative estimate of drug-likeness (QED) is 0.874. The molecule has 1 amide bonds. The summed E-state index contributed by atoms with van der Waals surface area (Å²) in [4.78, 5) is 28.6. The number of carbonyl (C=O) groups excluding carboxylic acids is 1. The Morgan fingerprint density at radius 2 is 2.14 bits per heavy atom. The van der Waals surface area contributed by atoms with Gasteiger partial charge in [-0.15, -0.1) is 0 Å². The fraction of sp³-hybridized carbons (Fsp3) is 0.333. The number of carboxylic acids is 1. The van der Waals surface area contributed by atoms with Crippen molar-refractivity contribution in [2.75, 3.05) is 6.54 Å². The molecule has 21 heavy (non-hydrogen) atoms. The van der Waals surface area contributed by atoms with Gasteiger partial charge in [-0.1, -0.05) is 22.0 Å². The van der Waals surface area contributed by atoms with Crippen molar-refractivity contribution in [1.82, 2.24) is 9.88 Å². The van der Waals surface area contributed by atoms with Crippen LogP contribution in [0.4, 0.5) is 0 Å². The van der Waals surface area contributed by atoms with Crippen molar-refractivity contribution in [2.24, 2.45) is 0 Å². The first-order valence-electron chi connectivity index (χ1n) is 6.75. The molecule has 3 rings (SSSR count). The van der Waals surface area contributed by atoms with Gasteiger partial charge in [0.05, 0.1) is 0 Å². The van der Waals surface area contributed by atoms with Crippen LogP contribution in [-0.2, 0) is 4.79 Å². The van der Waals surface area contributed by atoms with Crippen molar-refractivity contribution < 1.29 is 14.7 Å². The molecule has 110 valence electrons. The van der Waals surface area contributed by atoms with E-state index < -0.39 is 11.5 Å². The molecule has 2 heterocycles. The zero-order chi connectivity index (χ0) is 15.2. The summed E-state index contributed by atoms with van der Waals surface area (Å²) in [6.07, 6.45) is 1.19. The molecule has 6 heteroatoms. The molecule has 1 aromatic heterocycles. The van der Waals surface area contributed by atoms with E-state index in [0.29, 0.717) is 25.1 Å². The number of likely N-dealkylation sites (tertiary alicyclic amines) is 1. The highest BCUT2D eigenvalue weighted by atomic mass is 79.9. The van der Waals surface area contributed by atoms with Gasteiger partial charge in [0.25, 0.3) is 5.91 Å². The highest BCUT2D eigenvalue weighted by molar-refractivity contribution is 9.10. The Bertz CT molecular complexity index is 740. The van der Waals surface area contributed by atoms with Crippen molar-refractivity contribution in [2.45, 2.75) is 25.3 Å². The average molecular weight is 351 g/mol. The van der Waals surface area contributed by atoms with Gasteiger partial charge in [0, 0.05) is 21.9 Å². The minimum atomic E-state index is -1.12. The third-order valence-corrected chi connectivity index (χ3v) is 4.66. The molecule has 1 fully saturated rings. The molecule has 5 nitrogen and oxygen atoms in total. The maximum Gasteiger partial charge on any atom is 0.329 e. The summed E-state index contributed by atoms with van der Waals surface area (Å²) in [5, 5.41) is 10.3. The van der Waals surface area contributed by atoms with Gasteiger partial charge in [-0.25, -0.2) is 4.79 Å². The number of aliphatic carboxylic acids is 1. The molecule has 1 saturated heterocycles. The molecule has 0 spiro atoms. The Morgan fingerprint density at radius 1 is 1.38 bits per heavy atom. The second-order valence-corrected chi connectivity index (χ2v) is 6.47. The van der Waals surface area contributed by atoms with Crippen LogP contribution in [0.5, 0.6) is 0 Å². The number of aromatic amines is 1. The predicted octanol–water partition coefficient (Wildman–Crippen LogP) is 3.01. The number of carboxylic acid groups (broad SMARTS) is 1. The number of hydrogen-bond acceptors (Lipinski definition) is 2. The van der Waals surface area contributed by atoms with E-state index in [4.69, 9.17) is 0 Å². The van der Waals surface area contributed by atoms with Crippen LogP contribution >= 0.6 is 15.9 Å². The topological polar surface area (TPSA) is 73.4 Å². The first kappa shape index (κ1) is 14.1. The second kappa shape index (κ2) is 4.87. The van der Waals surface area contributed by atoms with Crippen LogP contribution in [0.2, 0.25) is 0 Å². The van der Waals surface area contributed by atoms with E-state index in [-0.39, 0.29) is 5.91 Å². The number of amides is 1. The van der Waals surface area contributed by atoms with E-state index in [0.717, 1.165) is 15.4 Å². The first-order chi connectivity index (χ1) is 9.91. The minimum Gasteiger partial charge on any atom is -0.480 e. The van der Waals surface area contributed by atoms with Crippen LogP contribution in [0.15, 0.2) is 28.7 Å². The zero-order valence-corrected chi connectivity index (χ0v) is 13.1. The summed E-state index contributed by atoms with van der Waals surface area (Å²) in [6, 6.07) is 7.48. The standard InChI is InChI=1S/C15H15BrN2O3/c1-15(14(20)21)5-2-6-18(15)13(19)12-7-9-3-4-10(16)8-11(9)17-12/h3-4,7-8,17H,2,5-6H2,1H3,(H,20,21). The number of nitrogens with one attached hydrogen (secondary N) is 1. The number of fused-ring (bicyclic) bond motifs is 1. The van der Waals surface area contributed by atoms with Gasteiger partial charge in [-0.3, -0.25) is 4.79 Å². The molecule has 0 radical (unpaired) electrons. The maximum atomic E-state index is 12.6. The highest BCUT2D eigenvalue weighted by Gasteiger charge is 2.46. The molecular formula is C15H15BrN2O3. The number of carbonyl (C=O) groups is 2. The monoisotopic (exact) mass is 350 g/mol. The van der Waals surface area contributed by atoms with Crippen molar-refractivity contribution in [3.63, 3.8) is 0 Å². The van der Waals surface area contributed by atoms with Crippen LogP contribution in [0.25, 0.3) is 10.9 Å². The van der Waals surface area contributed by atoms with E-state index in [1.165, 1.54) is 4.90 Å². The third kappa shape index (κ3) is 2.23. The van der Waals surface area contributed by atoms with Crippen LogP contribution in [0.3, 0.4) is 0 Å². The van der Waals surface area contributed by atoms with Crippen LogP contribution in [0.1, 0.15) is 30.3 Å². The first-order valence-corrected chi connectivity index (χ1v) is 7.55. The van der Waals surface area contributed by atoms with Gasteiger partial charge in [-0.2, -0.15) is 0 Å². The number of nitrogens with zero attached hydrogens (tertiary/aromatic N) is 1. The average Bonchev–Trinajstić information content (AvgIpc) is 3.01. The molecule has 0 saturated carbocycles. The van der Waals surface area contributed by atoms with Crippen LogP contribution in [0, 0.1) is 0 Å². The zero-order valence-electron chi connectivity index (χ0n) is 11.5. The molecular weight excluding hydrogens is 336 g/mol. The van der Waals surface area contributed by atoms with Crippen molar-refractivity contribution in [3.05, 3.63) is 34.4 Å². The molecule has 1 unspecified atom stereocenters. The van der Waals surface area contributed by atoms with Crippen LogP contribution in [-0.4, -0.2) is 39.0 Å². The fourth-order valence-electron chi connectivity index (χ4n) is 2.87. The summed E-state index contributed by atoms with van der Waals surface area (Å²) in [6.45, 7) is 2.08. The predicted molar refractivity (Wildman–Crippen MR) is 82.3 cm³/mol. The normalized spacial score (nSPS) is 21.9. The summed E-state index contributed by atoms with van der Waals surface area (Å²) in [5.74, 6) is -1.21. The van der Waals surface area contributed by atoms with Gasteiger partial charge < -0.3 is 15.0 Å². The lowest BCUT2D eigenvalue weighted by Gasteiger charge is -2.30. The Labute approximate surface area is 130 Å². The Kier molecular flexibility index (Phi) is 3.28. The Morgan fingerprint density at radius 3 is 2.86 bits per heavy atom. The van der Waals surface area contributed by atoms with Crippen molar-refractivity contribution in [1.29, 1.82) is 0 Å². The van der Waals surface area contributed by atoms with E-state index in [9.17, 15) is 14.7 Å². The molecule has 1 aliphatic heterocycles. The van der Waals surface area contributed by atoms with Crippen molar-refractivity contribution >= 4 is 38.7 Å². The summed E-state index contributed by atoms with van der Waals surface area (Å²) < 4.78 is 0.924. The fourth-order valence-corrected chi connectivity index (χ4v) is 3.23. The number of aromatic nitrogens is 1. The lowest BCUT2D eigenvalue weighted by molar-refractivity contribution is -0.147. The van der Waals surface area contributed by atoms with Gasteiger partial charge in [0.15, 0.2) is 0 Å². The Hall–Kier alpha value is -1.82. The molecule has 1 aliphatic rings. The smallest absolute Gasteiger partial charge is 0.329 e. The van der Waals surface area contributed by atoms with Crippen molar-refractivity contribution in [3.8, 4) is 0 Å². The number of H-pyrrole nitrogens is 1. The lowest BCUT2D eigenvalue weighted by atomic mass is 9.99. The van der Waals surface area contributed by atoms with Gasteiger partial charge in [-0.05, 0) is 38.0 Å². The number of halogens is 1. The molecule has 1 aromatic carbocycles. The second-order valence-electron chi connectivity index (χ2n) is 5.55. The lowest BCUT2D eigenvalue weighted by Crippen LogP contribution is -2.50. The third-order valence-electron chi connectivity index (χ3n) is 4.16. The molecule has 1 atom stereocenters. The summed E-state index contributed by atoms with van der Waals surface area (Å²) in [7, 11) is 0. The van der Waals surface area contributed by atoms with Crippen LogP contribution < -0.4 is 0 Å². The highest BCUT2D eigenvalue weighted by Crippen LogP contribution is 2.31. The molecule has 2 aromatic rings. The van der Waals surface area contributed by atoms with E-state index in [1.54, 1.807) is 13.0 Å².